The average molecular weight is 220 g/mol. The van der Waals surface area contributed by atoms with Crippen LogP contribution in [-0.2, 0) is 4.79 Å². The minimum Gasteiger partial charge on any atom is -0.481 e. The number of hydrogen-bond acceptors (Lipinski definition) is 4. The monoisotopic (exact) mass is 220 g/mol. The minimum atomic E-state index is -0.794. The Morgan fingerprint density at radius 2 is 2.38 bits per heavy atom. The van der Waals surface area contributed by atoms with Crippen molar-refractivity contribution >= 4 is 17.3 Å². The lowest BCUT2D eigenvalue weighted by atomic mass is 10.3. The quantitative estimate of drug-likeness (QED) is 0.818. The molecule has 0 aliphatic carbocycles. The molecule has 0 unspecified atom stereocenters. The molecule has 0 aliphatic rings. The Morgan fingerprint density at radius 1 is 1.56 bits per heavy atom. The van der Waals surface area contributed by atoms with Crippen LogP contribution >= 0.6 is 0 Å². The van der Waals surface area contributed by atoms with E-state index in [0.717, 1.165) is 11.3 Å². The zero-order chi connectivity index (χ0) is 11.5. The Morgan fingerprint density at radius 3 is 3.12 bits per heavy atom. The van der Waals surface area contributed by atoms with Crippen molar-refractivity contribution in [2.75, 3.05) is 18.5 Å². The molecule has 0 saturated carbocycles. The van der Waals surface area contributed by atoms with Gasteiger partial charge in [0.25, 0.3) is 0 Å². The smallest absolute Gasteiger partial charge is 0.305 e. The Labute approximate surface area is 92.1 Å². The van der Waals surface area contributed by atoms with Crippen molar-refractivity contribution in [3.8, 4) is 0 Å². The van der Waals surface area contributed by atoms with Gasteiger partial charge in [-0.05, 0) is 12.1 Å². The predicted molar refractivity (Wildman–Crippen MR) is 58.5 cm³/mol. The van der Waals surface area contributed by atoms with Crippen molar-refractivity contribution in [3.63, 3.8) is 0 Å². The fourth-order valence-corrected chi connectivity index (χ4v) is 1.43. The SMILES string of the molecule is CN(CCC(=O)O)c1ccc2nncn2c1. The van der Waals surface area contributed by atoms with E-state index >= 15 is 0 Å². The van der Waals surface area contributed by atoms with Gasteiger partial charge in [0.1, 0.15) is 6.33 Å². The lowest BCUT2D eigenvalue weighted by molar-refractivity contribution is -0.136. The van der Waals surface area contributed by atoms with E-state index in [0.29, 0.717) is 6.54 Å². The lowest BCUT2D eigenvalue weighted by Gasteiger charge is -2.17. The molecule has 6 heteroatoms. The van der Waals surface area contributed by atoms with Gasteiger partial charge < -0.3 is 10.0 Å². The summed E-state index contributed by atoms with van der Waals surface area (Å²) in [6.07, 6.45) is 3.61. The van der Waals surface area contributed by atoms with Crippen molar-refractivity contribution in [2.24, 2.45) is 0 Å². The number of nitrogens with zero attached hydrogens (tertiary/aromatic N) is 4. The summed E-state index contributed by atoms with van der Waals surface area (Å²) in [5, 5.41) is 16.3. The number of aromatic nitrogens is 3. The van der Waals surface area contributed by atoms with Crippen LogP contribution in [0.3, 0.4) is 0 Å². The molecule has 2 heterocycles. The molecule has 0 aromatic carbocycles. The van der Waals surface area contributed by atoms with Gasteiger partial charge in [-0.25, -0.2) is 0 Å². The van der Waals surface area contributed by atoms with Gasteiger partial charge in [0.05, 0.1) is 12.1 Å². The Bertz CT molecular complexity index is 508. The first kappa shape index (κ1) is 10.4. The van der Waals surface area contributed by atoms with Crippen molar-refractivity contribution in [1.29, 1.82) is 0 Å². The number of anilines is 1. The molecule has 0 radical (unpaired) electrons. The first-order valence-corrected chi connectivity index (χ1v) is 4.89. The topological polar surface area (TPSA) is 70.7 Å². The zero-order valence-corrected chi connectivity index (χ0v) is 8.87. The van der Waals surface area contributed by atoms with Gasteiger partial charge in [-0.3, -0.25) is 9.20 Å². The van der Waals surface area contributed by atoms with Gasteiger partial charge in [0.2, 0.25) is 0 Å². The first-order valence-electron chi connectivity index (χ1n) is 4.89. The highest BCUT2D eigenvalue weighted by Crippen LogP contribution is 2.13. The number of fused-ring (bicyclic) bond motifs is 1. The molecule has 84 valence electrons. The van der Waals surface area contributed by atoms with Crippen LogP contribution in [0.15, 0.2) is 24.7 Å². The normalized spacial score (nSPS) is 10.6. The molecule has 2 rings (SSSR count). The van der Waals surface area contributed by atoms with E-state index in [4.69, 9.17) is 5.11 Å². The summed E-state index contributed by atoms with van der Waals surface area (Å²) in [5.74, 6) is -0.794. The fourth-order valence-electron chi connectivity index (χ4n) is 1.43. The molecule has 0 aliphatic heterocycles. The fraction of sp³-hybridized carbons (Fsp3) is 0.300. The number of carbonyl (C=O) groups is 1. The third-order valence-electron chi connectivity index (χ3n) is 2.38. The molecular formula is C10H12N4O2. The van der Waals surface area contributed by atoms with Crippen LogP contribution in [0.25, 0.3) is 5.65 Å². The standard InChI is InChI=1S/C10H12N4O2/c1-13(5-4-10(15)16)8-2-3-9-12-11-7-14(9)6-8/h2-3,6-7H,4-5H2,1H3,(H,15,16). The molecule has 2 aromatic rings. The maximum absolute atomic E-state index is 10.5. The molecule has 2 aromatic heterocycles. The number of pyridine rings is 1. The van der Waals surface area contributed by atoms with E-state index in [-0.39, 0.29) is 6.42 Å². The number of aliphatic carboxylic acids is 1. The molecular weight excluding hydrogens is 208 g/mol. The Balaban J connectivity index is 2.15. The second-order valence-corrected chi connectivity index (χ2v) is 3.55. The van der Waals surface area contributed by atoms with E-state index in [1.807, 2.05) is 30.3 Å². The number of carboxylic acid groups (broad SMARTS) is 1. The Kier molecular flexibility index (Phi) is 2.72. The first-order chi connectivity index (χ1) is 7.66. The molecule has 0 bridgehead atoms. The van der Waals surface area contributed by atoms with Crippen LogP contribution in [0.1, 0.15) is 6.42 Å². The average Bonchev–Trinajstić information content (AvgIpc) is 2.72. The molecule has 0 spiro atoms. The summed E-state index contributed by atoms with van der Waals surface area (Å²) in [5.41, 5.74) is 1.71. The van der Waals surface area contributed by atoms with Crippen LogP contribution < -0.4 is 4.90 Å². The molecule has 0 amide bonds. The summed E-state index contributed by atoms with van der Waals surface area (Å²) in [7, 11) is 1.86. The third-order valence-corrected chi connectivity index (χ3v) is 2.38. The van der Waals surface area contributed by atoms with Crippen molar-refractivity contribution in [2.45, 2.75) is 6.42 Å². The highest BCUT2D eigenvalue weighted by atomic mass is 16.4. The van der Waals surface area contributed by atoms with E-state index < -0.39 is 5.97 Å². The van der Waals surface area contributed by atoms with Crippen molar-refractivity contribution < 1.29 is 9.90 Å². The number of hydrogen-bond donors (Lipinski definition) is 1. The number of rotatable bonds is 4. The maximum Gasteiger partial charge on any atom is 0.305 e. The third kappa shape index (κ3) is 2.10. The molecule has 6 nitrogen and oxygen atoms in total. The van der Waals surface area contributed by atoms with Crippen LogP contribution in [-0.4, -0.2) is 39.3 Å². The number of carboxylic acids is 1. The van der Waals surface area contributed by atoms with E-state index in [1.165, 1.54) is 0 Å². The van der Waals surface area contributed by atoms with Crippen molar-refractivity contribution in [1.82, 2.24) is 14.6 Å². The molecule has 0 fully saturated rings. The van der Waals surface area contributed by atoms with Crippen LogP contribution in [0.5, 0.6) is 0 Å². The summed E-state index contributed by atoms with van der Waals surface area (Å²) >= 11 is 0. The van der Waals surface area contributed by atoms with Crippen LogP contribution in [0.4, 0.5) is 5.69 Å². The van der Waals surface area contributed by atoms with Crippen LogP contribution in [0, 0.1) is 0 Å². The summed E-state index contributed by atoms with van der Waals surface area (Å²) in [4.78, 5) is 12.3. The van der Waals surface area contributed by atoms with Crippen molar-refractivity contribution in [3.05, 3.63) is 24.7 Å². The second-order valence-electron chi connectivity index (χ2n) is 3.55. The molecule has 16 heavy (non-hydrogen) atoms. The van der Waals surface area contributed by atoms with Crippen LogP contribution in [0.2, 0.25) is 0 Å². The second kappa shape index (κ2) is 4.18. The Hall–Kier alpha value is -2.11. The van der Waals surface area contributed by atoms with Gasteiger partial charge in [-0.15, -0.1) is 10.2 Å². The largest absolute Gasteiger partial charge is 0.481 e. The van der Waals surface area contributed by atoms with E-state index in [1.54, 1.807) is 10.7 Å². The highest BCUT2D eigenvalue weighted by Gasteiger charge is 2.05. The van der Waals surface area contributed by atoms with Gasteiger partial charge in [-0.1, -0.05) is 0 Å². The minimum absolute atomic E-state index is 0.122. The van der Waals surface area contributed by atoms with Gasteiger partial charge in [-0.2, -0.15) is 0 Å². The van der Waals surface area contributed by atoms with Gasteiger partial charge >= 0.3 is 5.97 Å². The molecule has 0 atom stereocenters. The summed E-state index contributed by atoms with van der Waals surface area (Å²) < 4.78 is 1.80. The molecule has 0 saturated heterocycles. The summed E-state index contributed by atoms with van der Waals surface area (Å²) in [6, 6.07) is 3.74. The highest BCUT2D eigenvalue weighted by molar-refractivity contribution is 5.67. The van der Waals surface area contributed by atoms with E-state index in [2.05, 4.69) is 10.2 Å². The van der Waals surface area contributed by atoms with E-state index in [9.17, 15) is 4.79 Å². The van der Waals surface area contributed by atoms with Gasteiger partial charge in [0.15, 0.2) is 5.65 Å². The molecule has 1 N–H and O–H groups in total. The maximum atomic E-state index is 10.5. The lowest BCUT2D eigenvalue weighted by Crippen LogP contribution is -2.21. The zero-order valence-electron chi connectivity index (χ0n) is 8.87. The predicted octanol–water partition coefficient (Wildman–Crippen LogP) is 0.640. The van der Waals surface area contributed by atoms with Gasteiger partial charge in [0, 0.05) is 19.8 Å². The summed E-state index contributed by atoms with van der Waals surface area (Å²) in [6.45, 7) is 0.475.